The van der Waals surface area contributed by atoms with Crippen molar-refractivity contribution in [2.45, 2.75) is 117 Å². The molecule has 1 fully saturated rings. The van der Waals surface area contributed by atoms with Crippen LogP contribution in [-0.4, -0.2) is 34.2 Å². The average molecular weight is 451 g/mol. The molecular formula is C19H46O4Si4. The van der Waals surface area contributed by atoms with Crippen molar-refractivity contribution < 1.29 is 16.5 Å². The smallest absolute Gasteiger partial charge is 0.317 e. The molecule has 1 heterocycles. The molecule has 27 heavy (non-hydrogen) atoms. The van der Waals surface area contributed by atoms with Crippen LogP contribution >= 0.6 is 0 Å². The van der Waals surface area contributed by atoms with Gasteiger partial charge in [-0.25, -0.2) is 0 Å². The Morgan fingerprint density at radius 1 is 0.593 bits per heavy atom. The summed E-state index contributed by atoms with van der Waals surface area (Å²) >= 11 is 0. The zero-order chi connectivity index (χ0) is 20.8. The van der Waals surface area contributed by atoms with Crippen LogP contribution < -0.4 is 0 Å². The molecule has 1 rings (SSSR count). The molecule has 0 amide bonds. The quantitative estimate of drug-likeness (QED) is 0.335. The van der Waals surface area contributed by atoms with E-state index in [1.807, 2.05) is 0 Å². The minimum Gasteiger partial charge on any atom is -0.416 e. The molecular weight excluding hydrogens is 405 g/mol. The van der Waals surface area contributed by atoms with Gasteiger partial charge in [-0.1, -0.05) is 60.3 Å². The van der Waals surface area contributed by atoms with E-state index in [1.165, 1.54) is 12.8 Å². The Morgan fingerprint density at radius 2 is 0.963 bits per heavy atom. The van der Waals surface area contributed by atoms with Crippen molar-refractivity contribution in [3.63, 3.8) is 0 Å². The molecule has 0 N–H and O–H groups in total. The van der Waals surface area contributed by atoms with E-state index in [1.54, 1.807) is 0 Å². The SMILES string of the molecule is CCCC[Si]1(C)O[Si](C)(CC)O[Si](C)(CCC(C)C)O[Si](C)(CCCC)O1. The van der Waals surface area contributed by atoms with E-state index in [0.717, 1.165) is 43.4 Å². The summed E-state index contributed by atoms with van der Waals surface area (Å²) in [5.41, 5.74) is 0. The third-order valence-electron chi connectivity index (χ3n) is 5.51. The van der Waals surface area contributed by atoms with Crippen molar-refractivity contribution in [3.8, 4) is 0 Å². The molecule has 0 aliphatic carbocycles. The van der Waals surface area contributed by atoms with E-state index in [2.05, 4.69) is 60.8 Å². The van der Waals surface area contributed by atoms with Gasteiger partial charge < -0.3 is 16.5 Å². The van der Waals surface area contributed by atoms with Crippen LogP contribution in [0.2, 0.25) is 50.4 Å². The van der Waals surface area contributed by atoms with Gasteiger partial charge in [0.05, 0.1) is 0 Å². The summed E-state index contributed by atoms with van der Waals surface area (Å²) in [4.78, 5) is 0. The van der Waals surface area contributed by atoms with Crippen molar-refractivity contribution in [2.24, 2.45) is 5.92 Å². The van der Waals surface area contributed by atoms with Gasteiger partial charge >= 0.3 is 34.2 Å². The summed E-state index contributed by atoms with van der Waals surface area (Å²) in [6.07, 6.45) is 5.83. The first-order chi connectivity index (χ1) is 12.4. The van der Waals surface area contributed by atoms with Gasteiger partial charge in [-0.3, -0.25) is 0 Å². The molecule has 1 aliphatic rings. The van der Waals surface area contributed by atoms with Crippen LogP contribution in [0.5, 0.6) is 0 Å². The van der Waals surface area contributed by atoms with Crippen molar-refractivity contribution in [3.05, 3.63) is 0 Å². The molecule has 4 unspecified atom stereocenters. The summed E-state index contributed by atoms with van der Waals surface area (Å²) in [6, 6.07) is 4.12. The molecule has 1 saturated heterocycles. The molecule has 0 aromatic carbocycles. The van der Waals surface area contributed by atoms with Crippen LogP contribution in [0.1, 0.15) is 66.7 Å². The zero-order valence-corrected chi connectivity index (χ0v) is 23.6. The standard InChI is InChI=1S/C19H46O4Si4/c1-10-13-16-25(7)20-24(6,12-3)21-27(9,18-15-19(4)5)23-26(8,22-25)17-14-11-2/h19H,10-18H2,1-9H3. The van der Waals surface area contributed by atoms with Crippen molar-refractivity contribution in [1.82, 2.24) is 0 Å². The van der Waals surface area contributed by atoms with Crippen LogP contribution in [0.25, 0.3) is 0 Å². The summed E-state index contributed by atoms with van der Waals surface area (Å²) in [5.74, 6) is 0.663. The maximum atomic E-state index is 7.01. The molecule has 0 saturated carbocycles. The van der Waals surface area contributed by atoms with E-state index >= 15 is 0 Å². The second-order valence-electron chi connectivity index (χ2n) is 9.44. The molecule has 0 spiro atoms. The Bertz CT molecular complexity index is 455. The second-order valence-corrected chi connectivity index (χ2v) is 24.0. The lowest BCUT2D eigenvalue weighted by Crippen LogP contribution is -2.67. The summed E-state index contributed by atoms with van der Waals surface area (Å²) < 4.78 is 27.9. The maximum absolute atomic E-state index is 7.01. The van der Waals surface area contributed by atoms with Crippen molar-refractivity contribution in [1.29, 1.82) is 0 Å². The number of hydrogen-bond acceptors (Lipinski definition) is 4. The molecule has 0 bridgehead atoms. The van der Waals surface area contributed by atoms with E-state index in [9.17, 15) is 0 Å². The number of unbranched alkanes of at least 4 members (excludes halogenated alkanes) is 2. The zero-order valence-electron chi connectivity index (χ0n) is 19.6. The predicted octanol–water partition coefficient (Wildman–Crippen LogP) is 7.02. The van der Waals surface area contributed by atoms with Crippen LogP contribution in [0.4, 0.5) is 0 Å². The Hall–Kier alpha value is 0.708. The number of rotatable bonds is 10. The molecule has 1 aliphatic heterocycles. The molecule has 4 nitrogen and oxygen atoms in total. The molecule has 162 valence electrons. The first kappa shape index (κ1) is 25.7. The minimum atomic E-state index is -2.32. The summed E-state index contributed by atoms with van der Waals surface area (Å²) in [7, 11) is -9.21. The van der Waals surface area contributed by atoms with Crippen molar-refractivity contribution in [2.75, 3.05) is 0 Å². The first-order valence-electron chi connectivity index (χ1n) is 11.2. The minimum absolute atomic E-state index is 0.663. The number of hydrogen-bond donors (Lipinski definition) is 0. The monoisotopic (exact) mass is 450 g/mol. The van der Waals surface area contributed by atoms with Gasteiger partial charge in [-0.2, -0.15) is 0 Å². The van der Waals surface area contributed by atoms with Crippen molar-refractivity contribution >= 4 is 34.2 Å². The summed E-state index contributed by atoms with van der Waals surface area (Å²) in [6.45, 7) is 20.3. The fraction of sp³-hybridized carbons (Fsp3) is 1.00. The topological polar surface area (TPSA) is 36.9 Å². The van der Waals surface area contributed by atoms with Crippen LogP contribution in [0.3, 0.4) is 0 Å². The fourth-order valence-corrected chi connectivity index (χ4v) is 27.4. The Balaban J connectivity index is 3.21. The highest BCUT2D eigenvalue weighted by atomic mass is 28.5. The van der Waals surface area contributed by atoms with E-state index in [4.69, 9.17) is 16.5 Å². The average Bonchev–Trinajstić information content (AvgIpc) is 2.55. The molecule has 8 heteroatoms. The van der Waals surface area contributed by atoms with Crippen LogP contribution in [0, 0.1) is 5.92 Å². The van der Waals surface area contributed by atoms with Crippen LogP contribution in [-0.2, 0) is 16.5 Å². The predicted molar refractivity (Wildman–Crippen MR) is 125 cm³/mol. The molecule has 0 radical (unpaired) electrons. The highest BCUT2D eigenvalue weighted by Crippen LogP contribution is 2.38. The van der Waals surface area contributed by atoms with Gasteiger partial charge in [0.1, 0.15) is 0 Å². The third kappa shape index (κ3) is 8.53. The second kappa shape index (κ2) is 10.7. The van der Waals surface area contributed by atoms with Crippen LogP contribution in [0.15, 0.2) is 0 Å². The van der Waals surface area contributed by atoms with Gasteiger partial charge in [0.15, 0.2) is 0 Å². The largest absolute Gasteiger partial charge is 0.416 e. The maximum Gasteiger partial charge on any atom is 0.317 e. The first-order valence-corrected chi connectivity index (χ1v) is 21.3. The lowest BCUT2D eigenvalue weighted by Gasteiger charge is -2.50. The molecule has 4 atom stereocenters. The lowest BCUT2D eigenvalue weighted by molar-refractivity contribution is 0.220. The third-order valence-corrected chi connectivity index (χ3v) is 24.3. The Labute approximate surface area is 173 Å². The van der Waals surface area contributed by atoms with E-state index < -0.39 is 34.2 Å². The van der Waals surface area contributed by atoms with Gasteiger partial charge in [-0.15, -0.1) is 0 Å². The Morgan fingerprint density at radius 3 is 1.30 bits per heavy atom. The highest BCUT2D eigenvalue weighted by molar-refractivity contribution is 6.93. The molecule has 0 aromatic heterocycles. The Kier molecular flexibility index (Phi) is 10.2. The van der Waals surface area contributed by atoms with Gasteiger partial charge in [0, 0.05) is 0 Å². The normalized spacial score (nSPS) is 38.0. The van der Waals surface area contributed by atoms with Gasteiger partial charge in [0.2, 0.25) is 0 Å². The van der Waals surface area contributed by atoms with Gasteiger partial charge in [-0.05, 0) is 62.7 Å². The highest BCUT2D eigenvalue weighted by Gasteiger charge is 2.55. The van der Waals surface area contributed by atoms with E-state index in [-0.39, 0.29) is 0 Å². The lowest BCUT2D eigenvalue weighted by atomic mass is 10.2. The fourth-order valence-electron chi connectivity index (χ4n) is 3.91. The summed E-state index contributed by atoms with van der Waals surface area (Å²) in [5, 5.41) is 0. The van der Waals surface area contributed by atoms with E-state index in [0.29, 0.717) is 5.92 Å². The van der Waals surface area contributed by atoms with Gasteiger partial charge in [0.25, 0.3) is 0 Å². The molecule has 0 aromatic rings.